The first-order valence-electron chi connectivity index (χ1n) is 9.49. The number of nitrogens with one attached hydrogen (secondary N) is 1. The van der Waals surface area contributed by atoms with Crippen molar-refractivity contribution < 1.29 is 19.4 Å². The molecule has 0 saturated heterocycles. The van der Waals surface area contributed by atoms with Crippen LogP contribution in [-0.4, -0.2) is 55.8 Å². The Balaban J connectivity index is 0.000000806. The number of aryl methyl sites for hydroxylation is 2. The fourth-order valence-electron chi connectivity index (χ4n) is 3.70. The number of amides is 1. The molecule has 0 saturated carbocycles. The number of aromatic amines is 1. The molecular formula is C21H25N5O4. The average Bonchev–Trinajstić information content (AvgIpc) is 3.33. The highest BCUT2D eigenvalue weighted by Gasteiger charge is 2.31. The number of carboxylic acid groups (broad SMARTS) is 1. The van der Waals surface area contributed by atoms with Gasteiger partial charge in [0.1, 0.15) is 12.3 Å². The molecule has 3 aromatic rings. The first kappa shape index (κ1) is 21.1. The van der Waals surface area contributed by atoms with Crippen LogP contribution in [0.25, 0.3) is 0 Å². The minimum Gasteiger partial charge on any atom is -0.497 e. The zero-order valence-electron chi connectivity index (χ0n) is 17.2. The molecule has 0 aliphatic carbocycles. The lowest BCUT2D eigenvalue weighted by atomic mass is 9.90. The second kappa shape index (κ2) is 9.25. The topological polar surface area (TPSA) is 113 Å². The van der Waals surface area contributed by atoms with Gasteiger partial charge in [0, 0.05) is 18.2 Å². The van der Waals surface area contributed by atoms with E-state index in [-0.39, 0.29) is 24.8 Å². The van der Waals surface area contributed by atoms with E-state index < -0.39 is 0 Å². The summed E-state index contributed by atoms with van der Waals surface area (Å²) in [5, 5.41) is 11.3. The number of hydrogen-bond donors (Lipinski definition) is 2. The van der Waals surface area contributed by atoms with Crippen molar-refractivity contribution in [3.8, 4) is 5.75 Å². The number of hydrogen-bond acceptors (Lipinski definition) is 5. The third-order valence-electron chi connectivity index (χ3n) is 5.07. The van der Waals surface area contributed by atoms with Crippen molar-refractivity contribution in [3.63, 3.8) is 0 Å². The summed E-state index contributed by atoms with van der Waals surface area (Å²) in [4.78, 5) is 30.9. The highest BCUT2D eigenvalue weighted by atomic mass is 16.5. The first-order chi connectivity index (χ1) is 14.5. The Morgan fingerprint density at radius 1 is 1.37 bits per heavy atom. The molecule has 30 heavy (non-hydrogen) atoms. The SMILES string of the molecule is COc1cccc(C2CN(C(=O)Cn3nc(C)cc3C)Cc3[nH]cnc32)c1.O=CO. The molecule has 1 amide bonds. The normalized spacial score (nSPS) is 15.0. The van der Waals surface area contributed by atoms with Gasteiger partial charge in [0.15, 0.2) is 0 Å². The lowest BCUT2D eigenvalue weighted by Gasteiger charge is -2.32. The van der Waals surface area contributed by atoms with Gasteiger partial charge in [-0.15, -0.1) is 0 Å². The molecule has 158 valence electrons. The summed E-state index contributed by atoms with van der Waals surface area (Å²) in [6, 6.07) is 9.94. The van der Waals surface area contributed by atoms with Crippen LogP contribution in [0.4, 0.5) is 0 Å². The molecular weight excluding hydrogens is 386 g/mol. The standard InChI is InChI=1S/C20H23N5O2.CH2O2/c1-13-7-14(2)25(23-13)11-19(26)24-9-17(20-18(10-24)21-12-22-20)15-5-4-6-16(8-15)27-3;2-1-3/h4-8,12,17H,9-11H2,1-3H3,(H,21,22);1H,(H,2,3). The van der Waals surface area contributed by atoms with Crippen LogP contribution in [0.2, 0.25) is 0 Å². The molecule has 1 atom stereocenters. The lowest BCUT2D eigenvalue weighted by molar-refractivity contribution is -0.133. The molecule has 1 unspecified atom stereocenters. The van der Waals surface area contributed by atoms with E-state index in [1.54, 1.807) is 18.1 Å². The Hall–Kier alpha value is -3.62. The van der Waals surface area contributed by atoms with Gasteiger partial charge in [-0.25, -0.2) is 4.98 Å². The number of aromatic nitrogens is 4. The predicted molar refractivity (Wildman–Crippen MR) is 109 cm³/mol. The van der Waals surface area contributed by atoms with E-state index in [2.05, 4.69) is 21.1 Å². The summed E-state index contributed by atoms with van der Waals surface area (Å²) in [6.45, 7) is 5.02. The number of imidazole rings is 1. The third kappa shape index (κ3) is 4.51. The number of methoxy groups -OCH3 is 1. The summed E-state index contributed by atoms with van der Waals surface area (Å²) < 4.78 is 7.13. The highest BCUT2D eigenvalue weighted by molar-refractivity contribution is 5.76. The molecule has 2 N–H and O–H groups in total. The number of ether oxygens (including phenoxy) is 1. The van der Waals surface area contributed by atoms with Crippen molar-refractivity contribution in [2.45, 2.75) is 32.9 Å². The number of carbonyl (C=O) groups excluding carboxylic acids is 1. The maximum Gasteiger partial charge on any atom is 0.290 e. The van der Waals surface area contributed by atoms with Crippen molar-refractivity contribution in [2.75, 3.05) is 13.7 Å². The molecule has 9 nitrogen and oxygen atoms in total. The highest BCUT2D eigenvalue weighted by Crippen LogP contribution is 2.33. The molecule has 3 heterocycles. The number of H-pyrrole nitrogens is 1. The zero-order valence-corrected chi connectivity index (χ0v) is 17.2. The van der Waals surface area contributed by atoms with Crippen LogP contribution in [0.3, 0.4) is 0 Å². The van der Waals surface area contributed by atoms with Crippen molar-refractivity contribution in [1.82, 2.24) is 24.6 Å². The zero-order chi connectivity index (χ0) is 21.7. The Morgan fingerprint density at radius 2 is 2.13 bits per heavy atom. The summed E-state index contributed by atoms with van der Waals surface area (Å²) in [6.07, 6.45) is 1.70. The van der Waals surface area contributed by atoms with Crippen molar-refractivity contribution in [2.24, 2.45) is 0 Å². The van der Waals surface area contributed by atoms with Gasteiger partial charge in [0.25, 0.3) is 6.47 Å². The van der Waals surface area contributed by atoms with Gasteiger partial charge in [-0.2, -0.15) is 5.10 Å². The second-order valence-electron chi connectivity index (χ2n) is 7.06. The Bertz CT molecular complexity index is 1030. The minimum absolute atomic E-state index is 0.0134. The van der Waals surface area contributed by atoms with Crippen molar-refractivity contribution >= 4 is 12.4 Å². The van der Waals surface area contributed by atoms with E-state index >= 15 is 0 Å². The van der Waals surface area contributed by atoms with E-state index in [1.807, 2.05) is 43.0 Å². The molecule has 4 rings (SSSR count). The number of rotatable bonds is 4. The molecule has 0 bridgehead atoms. The molecule has 0 fully saturated rings. The Morgan fingerprint density at radius 3 is 2.80 bits per heavy atom. The van der Waals surface area contributed by atoms with Gasteiger partial charge in [-0.1, -0.05) is 12.1 Å². The van der Waals surface area contributed by atoms with Gasteiger partial charge >= 0.3 is 0 Å². The van der Waals surface area contributed by atoms with Crippen LogP contribution in [-0.2, 0) is 22.7 Å². The second-order valence-corrected chi connectivity index (χ2v) is 7.06. The maximum atomic E-state index is 13.0. The molecule has 0 spiro atoms. The van der Waals surface area contributed by atoms with Crippen molar-refractivity contribution in [1.29, 1.82) is 0 Å². The van der Waals surface area contributed by atoms with Crippen LogP contribution in [0.1, 0.15) is 34.3 Å². The quantitative estimate of drug-likeness (QED) is 0.636. The summed E-state index contributed by atoms with van der Waals surface area (Å²) in [7, 11) is 1.66. The van der Waals surface area contributed by atoms with Gasteiger partial charge in [-0.3, -0.25) is 14.3 Å². The van der Waals surface area contributed by atoms with Gasteiger partial charge < -0.3 is 19.7 Å². The number of nitrogens with zero attached hydrogens (tertiary/aromatic N) is 4. The molecule has 0 radical (unpaired) electrons. The summed E-state index contributed by atoms with van der Waals surface area (Å²) in [5.41, 5.74) is 4.98. The number of fused-ring (bicyclic) bond motifs is 1. The fraction of sp³-hybridized carbons (Fsp3) is 0.333. The minimum atomic E-state index is -0.250. The van der Waals surface area contributed by atoms with Crippen molar-refractivity contribution in [3.05, 3.63) is 65.0 Å². The molecule has 2 aromatic heterocycles. The maximum absolute atomic E-state index is 13.0. The smallest absolute Gasteiger partial charge is 0.290 e. The van der Waals surface area contributed by atoms with E-state index in [1.165, 1.54) is 0 Å². The third-order valence-corrected chi connectivity index (χ3v) is 5.07. The Kier molecular flexibility index (Phi) is 6.51. The molecule has 1 aliphatic heterocycles. The van der Waals surface area contributed by atoms with Crippen LogP contribution in [0, 0.1) is 13.8 Å². The number of benzene rings is 1. The monoisotopic (exact) mass is 411 g/mol. The lowest BCUT2D eigenvalue weighted by Crippen LogP contribution is -2.40. The van der Waals surface area contributed by atoms with Crippen LogP contribution in [0.15, 0.2) is 36.7 Å². The molecule has 1 aliphatic rings. The molecule has 9 heteroatoms. The van der Waals surface area contributed by atoms with E-state index in [0.29, 0.717) is 13.1 Å². The summed E-state index contributed by atoms with van der Waals surface area (Å²) >= 11 is 0. The predicted octanol–water partition coefficient (Wildman–Crippen LogP) is 2.11. The largest absolute Gasteiger partial charge is 0.497 e. The first-order valence-corrected chi connectivity index (χ1v) is 9.49. The average molecular weight is 411 g/mol. The van der Waals surface area contributed by atoms with E-state index in [9.17, 15) is 4.79 Å². The molecule has 1 aromatic carbocycles. The van der Waals surface area contributed by atoms with Gasteiger partial charge in [0.05, 0.1) is 37.1 Å². The Labute approximate surface area is 174 Å². The van der Waals surface area contributed by atoms with Gasteiger partial charge in [-0.05, 0) is 37.6 Å². The fourth-order valence-corrected chi connectivity index (χ4v) is 3.70. The van der Waals surface area contributed by atoms with Crippen LogP contribution in [0.5, 0.6) is 5.75 Å². The van der Waals surface area contributed by atoms with Crippen LogP contribution >= 0.6 is 0 Å². The van der Waals surface area contributed by atoms with E-state index in [0.717, 1.165) is 34.1 Å². The number of carbonyl (C=O) groups is 2. The van der Waals surface area contributed by atoms with E-state index in [4.69, 9.17) is 14.6 Å². The van der Waals surface area contributed by atoms with Crippen LogP contribution < -0.4 is 4.74 Å². The van der Waals surface area contributed by atoms with Gasteiger partial charge in [0.2, 0.25) is 5.91 Å². The summed E-state index contributed by atoms with van der Waals surface area (Å²) in [5.74, 6) is 0.865.